The van der Waals surface area contributed by atoms with Crippen molar-refractivity contribution in [3.05, 3.63) is 23.9 Å². The molecule has 1 aromatic rings. The lowest BCUT2D eigenvalue weighted by molar-refractivity contribution is -0.184. The van der Waals surface area contributed by atoms with Crippen molar-refractivity contribution >= 4 is 6.03 Å². The predicted octanol–water partition coefficient (Wildman–Crippen LogP) is 2.82. The Hall–Kier alpha value is -2.13. The zero-order valence-electron chi connectivity index (χ0n) is 11.8. The molecule has 1 saturated carbocycles. The lowest BCUT2D eigenvalue weighted by Crippen LogP contribution is -2.42. The van der Waals surface area contributed by atoms with E-state index >= 15 is 0 Å². The minimum absolute atomic E-state index is 0.00450. The number of hydrogen-bond donors (Lipinski definition) is 2. The summed E-state index contributed by atoms with van der Waals surface area (Å²) in [4.78, 5) is 15.1. The summed E-state index contributed by atoms with van der Waals surface area (Å²) in [6.07, 6.45) is -3.13. The zero-order valence-corrected chi connectivity index (χ0v) is 11.8. The Morgan fingerprint density at radius 3 is 2.61 bits per heavy atom. The van der Waals surface area contributed by atoms with E-state index in [0.29, 0.717) is 5.56 Å². The molecule has 0 aromatic carbocycles. The van der Waals surface area contributed by atoms with Gasteiger partial charge in [-0.05, 0) is 24.5 Å². The molecular formula is C13H14F5N3O2. The Kier molecular flexibility index (Phi) is 4.90. The topological polar surface area (TPSA) is 63.2 Å². The number of carbonyl (C=O) groups is 1. The number of amides is 2. The summed E-state index contributed by atoms with van der Waals surface area (Å²) in [5.41, 5.74) is -1.40. The fourth-order valence-corrected chi connectivity index (χ4v) is 1.92. The van der Waals surface area contributed by atoms with Crippen LogP contribution in [0.1, 0.15) is 18.4 Å². The molecular weight excluding hydrogens is 325 g/mol. The molecule has 0 aliphatic heterocycles. The number of urea groups is 1. The number of aromatic nitrogens is 1. The van der Waals surface area contributed by atoms with Crippen molar-refractivity contribution in [2.75, 3.05) is 6.54 Å². The molecule has 1 aliphatic rings. The van der Waals surface area contributed by atoms with Gasteiger partial charge in [0.2, 0.25) is 5.88 Å². The standard InChI is InChI=1S/C13H14F5N3O2/c14-10(15)23-9-5-8(1-4-19-9)6-20-11(22)21-7-12(2-3-12)13(16,17)18/h1,4-5,10H,2-3,6-7H2,(H2,20,21,22). The molecule has 1 heterocycles. The van der Waals surface area contributed by atoms with Gasteiger partial charge in [0.15, 0.2) is 0 Å². The lowest BCUT2D eigenvalue weighted by Gasteiger charge is -2.19. The van der Waals surface area contributed by atoms with Crippen LogP contribution in [0, 0.1) is 5.41 Å². The summed E-state index contributed by atoms with van der Waals surface area (Å²) in [5, 5.41) is 4.52. The molecule has 0 bridgehead atoms. The van der Waals surface area contributed by atoms with Gasteiger partial charge in [-0.15, -0.1) is 0 Å². The van der Waals surface area contributed by atoms with Crippen molar-refractivity contribution in [3.8, 4) is 5.88 Å². The minimum atomic E-state index is -4.34. The summed E-state index contributed by atoms with van der Waals surface area (Å²) in [6, 6.07) is 1.88. The highest BCUT2D eigenvalue weighted by Crippen LogP contribution is 2.56. The smallest absolute Gasteiger partial charge is 0.396 e. The molecule has 0 atom stereocenters. The number of nitrogens with zero attached hydrogens (tertiary/aromatic N) is 1. The lowest BCUT2D eigenvalue weighted by atomic mass is 10.1. The second kappa shape index (κ2) is 6.55. The van der Waals surface area contributed by atoms with Crippen molar-refractivity contribution in [2.45, 2.75) is 32.2 Å². The quantitative estimate of drug-likeness (QED) is 0.784. The van der Waals surface area contributed by atoms with E-state index in [4.69, 9.17) is 0 Å². The molecule has 0 saturated heterocycles. The van der Waals surface area contributed by atoms with Gasteiger partial charge >= 0.3 is 18.8 Å². The normalized spacial score (nSPS) is 16.1. The van der Waals surface area contributed by atoms with Gasteiger partial charge in [-0.1, -0.05) is 0 Å². The van der Waals surface area contributed by atoms with Gasteiger partial charge in [-0.3, -0.25) is 0 Å². The van der Waals surface area contributed by atoms with E-state index in [9.17, 15) is 26.7 Å². The third-order valence-electron chi connectivity index (χ3n) is 3.50. The SMILES string of the molecule is O=C(NCc1ccnc(OC(F)F)c1)NCC1(C(F)(F)F)CC1. The molecule has 23 heavy (non-hydrogen) atoms. The first-order chi connectivity index (χ1) is 10.7. The molecule has 0 spiro atoms. The molecule has 128 valence electrons. The Bertz CT molecular complexity index is 561. The van der Waals surface area contributed by atoms with Crippen molar-refractivity contribution in [3.63, 3.8) is 0 Å². The minimum Gasteiger partial charge on any atom is -0.417 e. The third-order valence-corrected chi connectivity index (χ3v) is 3.50. The molecule has 2 rings (SSSR count). The highest BCUT2D eigenvalue weighted by molar-refractivity contribution is 5.73. The van der Waals surface area contributed by atoms with E-state index < -0.39 is 30.8 Å². The summed E-state index contributed by atoms with van der Waals surface area (Å²) in [6.45, 7) is -3.57. The molecule has 10 heteroatoms. The van der Waals surface area contributed by atoms with Crippen molar-refractivity contribution in [1.29, 1.82) is 0 Å². The second-order valence-electron chi connectivity index (χ2n) is 5.20. The summed E-state index contributed by atoms with van der Waals surface area (Å²) in [7, 11) is 0. The highest BCUT2D eigenvalue weighted by atomic mass is 19.4. The maximum atomic E-state index is 12.7. The van der Waals surface area contributed by atoms with E-state index in [1.807, 2.05) is 0 Å². The van der Waals surface area contributed by atoms with Crippen LogP contribution < -0.4 is 15.4 Å². The van der Waals surface area contributed by atoms with Crippen LogP contribution in [0.4, 0.5) is 26.7 Å². The number of nitrogens with one attached hydrogen (secondary N) is 2. The monoisotopic (exact) mass is 339 g/mol. The number of halogens is 5. The Morgan fingerprint density at radius 2 is 2.04 bits per heavy atom. The molecule has 2 N–H and O–H groups in total. The zero-order chi connectivity index (χ0) is 17.1. The number of pyridine rings is 1. The van der Waals surface area contributed by atoms with Gasteiger partial charge in [0.1, 0.15) is 0 Å². The molecule has 1 aliphatic carbocycles. The number of ether oxygens (including phenoxy) is 1. The maximum Gasteiger partial charge on any atom is 0.396 e. The van der Waals surface area contributed by atoms with Gasteiger partial charge in [0.05, 0.1) is 5.41 Å². The summed E-state index contributed by atoms with van der Waals surface area (Å²) < 4.78 is 66.3. The average molecular weight is 339 g/mol. The van der Waals surface area contributed by atoms with Crippen LogP contribution in [0.2, 0.25) is 0 Å². The molecule has 5 nitrogen and oxygen atoms in total. The first-order valence-electron chi connectivity index (χ1n) is 6.70. The van der Waals surface area contributed by atoms with Crippen molar-refractivity contribution in [2.24, 2.45) is 5.41 Å². The largest absolute Gasteiger partial charge is 0.417 e. The van der Waals surface area contributed by atoms with E-state index in [1.165, 1.54) is 18.3 Å². The number of hydrogen-bond acceptors (Lipinski definition) is 3. The van der Waals surface area contributed by atoms with Gasteiger partial charge in [0.25, 0.3) is 0 Å². The van der Waals surface area contributed by atoms with Crippen LogP contribution in [0.25, 0.3) is 0 Å². The van der Waals surface area contributed by atoms with Crippen LogP contribution in [0.3, 0.4) is 0 Å². The Balaban J connectivity index is 1.79. The van der Waals surface area contributed by atoms with E-state index in [-0.39, 0.29) is 25.3 Å². The predicted molar refractivity (Wildman–Crippen MR) is 68.8 cm³/mol. The van der Waals surface area contributed by atoms with Crippen LogP contribution in [-0.2, 0) is 6.54 Å². The molecule has 2 amide bonds. The van der Waals surface area contributed by atoms with E-state index in [2.05, 4.69) is 20.4 Å². The van der Waals surface area contributed by atoms with Crippen LogP contribution >= 0.6 is 0 Å². The Labute approximate surface area is 128 Å². The van der Waals surface area contributed by atoms with Gasteiger partial charge < -0.3 is 15.4 Å². The average Bonchev–Trinajstić information content (AvgIpc) is 3.23. The van der Waals surface area contributed by atoms with E-state index in [0.717, 1.165) is 0 Å². The van der Waals surface area contributed by atoms with Gasteiger partial charge in [0, 0.05) is 25.4 Å². The van der Waals surface area contributed by atoms with Gasteiger partial charge in [-0.25, -0.2) is 9.78 Å². The van der Waals surface area contributed by atoms with E-state index in [1.54, 1.807) is 0 Å². The molecule has 0 unspecified atom stereocenters. The number of rotatable bonds is 6. The fraction of sp³-hybridized carbons (Fsp3) is 0.538. The molecule has 1 aromatic heterocycles. The van der Waals surface area contributed by atoms with Gasteiger partial charge in [-0.2, -0.15) is 22.0 Å². The third kappa shape index (κ3) is 4.67. The Morgan fingerprint density at radius 1 is 1.35 bits per heavy atom. The van der Waals surface area contributed by atoms with Crippen LogP contribution in [-0.4, -0.2) is 30.3 Å². The van der Waals surface area contributed by atoms with Crippen molar-refractivity contribution in [1.82, 2.24) is 15.6 Å². The molecule has 0 radical (unpaired) electrons. The first kappa shape index (κ1) is 17.2. The van der Waals surface area contributed by atoms with Crippen LogP contribution in [0.15, 0.2) is 18.3 Å². The fourth-order valence-electron chi connectivity index (χ4n) is 1.92. The summed E-state index contributed by atoms with van der Waals surface area (Å²) >= 11 is 0. The first-order valence-corrected chi connectivity index (χ1v) is 6.70. The second-order valence-corrected chi connectivity index (χ2v) is 5.20. The highest BCUT2D eigenvalue weighted by Gasteiger charge is 2.63. The number of alkyl halides is 5. The van der Waals surface area contributed by atoms with Crippen molar-refractivity contribution < 1.29 is 31.5 Å². The summed E-state index contributed by atoms with van der Waals surface area (Å²) in [5.74, 6) is -0.311. The maximum absolute atomic E-state index is 12.7. The molecule has 1 fully saturated rings. The number of carbonyl (C=O) groups excluding carboxylic acids is 1. The van der Waals surface area contributed by atoms with Crippen LogP contribution in [0.5, 0.6) is 5.88 Å².